The van der Waals surface area contributed by atoms with Crippen molar-refractivity contribution >= 4 is 23.3 Å². The summed E-state index contributed by atoms with van der Waals surface area (Å²) in [5.41, 5.74) is -2.45. The van der Waals surface area contributed by atoms with Crippen LogP contribution in [0.2, 0.25) is 0 Å². The number of carbonyl (C=O) groups is 3. The Hall–Kier alpha value is -3.09. The van der Waals surface area contributed by atoms with E-state index >= 15 is 0 Å². The Morgan fingerprint density at radius 2 is 1.79 bits per heavy atom. The third-order valence-corrected chi connectivity index (χ3v) is 3.33. The van der Waals surface area contributed by atoms with Gasteiger partial charge in [0.25, 0.3) is 17.6 Å². The van der Waals surface area contributed by atoms with Gasteiger partial charge < -0.3 is 15.2 Å². The Bertz CT molecular complexity index is 846. The number of alkyl halides is 6. The average molecular weight is 412 g/mol. The van der Waals surface area contributed by atoms with Crippen molar-refractivity contribution in [3.63, 3.8) is 0 Å². The molecule has 1 aliphatic heterocycles. The Morgan fingerprint density at radius 1 is 1.14 bits per heavy atom. The zero-order chi connectivity index (χ0) is 21.3. The van der Waals surface area contributed by atoms with E-state index in [1.807, 2.05) is 0 Å². The van der Waals surface area contributed by atoms with E-state index in [-0.39, 0.29) is 12.6 Å². The number of ketones is 1. The lowest BCUT2D eigenvalue weighted by atomic mass is 10.1. The van der Waals surface area contributed by atoms with E-state index in [1.54, 1.807) is 0 Å². The zero-order valence-electron chi connectivity index (χ0n) is 13.5. The van der Waals surface area contributed by atoms with Crippen LogP contribution in [-0.2, 0) is 9.59 Å². The Kier molecular flexibility index (Phi) is 5.68. The summed E-state index contributed by atoms with van der Waals surface area (Å²) < 4.78 is 78.7. The first-order chi connectivity index (χ1) is 12.8. The van der Waals surface area contributed by atoms with Crippen LogP contribution in [0.1, 0.15) is 10.4 Å². The highest BCUT2D eigenvalue weighted by atomic mass is 19.4. The summed E-state index contributed by atoms with van der Waals surface area (Å²) >= 11 is 0. The molecule has 0 atom stereocenters. The van der Waals surface area contributed by atoms with Gasteiger partial charge >= 0.3 is 12.5 Å². The molecule has 0 aromatic heterocycles. The molecule has 0 fully saturated rings. The van der Waals surface area contributed by atoms with Gasteiger partial charge in [0.2, 0.25) is 0 Å². The van der Waals surface area contributed by atoms with Crippen molar-refractivity contribution in [2.24, 2.45) is 0 Å². The third kappa shape index (κ3) is 4.79. The highest BCUT2D eigenvalue weighted by Gasteiger charge is 2.42. The number of Topliss-reactive ketones (excluding diaryl/α,β-unsaturated/α-hetero) is 1. The molecule has 0 spiro atoms. The number of benzene rings is 1. The fourth-order valence-corrected chi connectivity index (χ4v) is 2.23. The number of aliphatic hydroxyl groups excluding tert-OH is 1. The molecule has 0 radical (unpaired) electrons. The van der Waals surface area contributed by atoms with E-state index in [9.17, 15) is 40.7 Å². The summed E-state index contributed by atoms with van der Waals surface area (Å²) in [5.74, 6) is -5.45. The number of hydrogen-bond acceptors (Lipinski definition) is 6. The van der Waals surface area contributed by atoms with Gasteiger partial charge in [0.05, 0.1) is 24.4 Å². The van der Waals surface area contributed by atoms with Crippen LogP contribution in [0.15, 0.2) is 30.0 Å². The van der Waals surface area contributed by atoms with Crippen molar-refractivity contribution in [2.75, 3.05) is 18.5 Å². The molecule has 28 heavy (non-hydrogen) atoms. The van der Waals surface area contributed by atoms with Gasteiger partial charge in [-0.05, 0) is 18.2 Å². The second-order valence-electron chi connectivity index (χ2n) is 5.28. The summed E-state index contributed by atoms with van der Waals surface area (Å²) in [6, 6.07) is 1.49. The van der Waals surface area contributed by atoms with E-state index < -0.39 is 59.4 Å². The van der Waals surface area contributed by atoms with Crippen LogP contribution in [-0.4, -0.2) is 53.3 Å². The minimum absolute atomic E-state index is 0.207. The predicted molar refractivity (Wildman–Crippen MR) is 79.0 cm³/mol. The van der Waals surface area contributed by atoms with Crippen molar-refractivity contribution in [3.05, 3.63) is 35.5 Å². The fraction of sp³-hybridized carbons (Fsp3) is 0.267. The van der Waals surface area contributed by atoms with E-state index in [4.69, 9.17) is 5.11 Å². The van der Waals surface area contributed by atoms with Crippen LogP contribution in [0.4, 0.5) is 32.0 Å². The van der Waals surface area contributed by atoms with Crippen LogP contribution in [0.3, 0.4) is 0 Å². The van der Waals surface area contributed by atoms with Gasteiger partial charge in [0, 0.05) is 6.08 Å². The fourth-order valence-electron chi connectivity index (χ4n) is 2.23. The minimum atomic E-state index is -5.43. The largest absolute Gasteiger partial charge is 0.573 e. The van der Waals surface area contributed by atoms with Crippen LogP contribution in [0.25, 0.3) is 0 Å². The average Bonchev–Trinajstić information content (AvgIpc) is 2.81. The van der Waals surface area contributed by atoms with Gasteiger partial charge in [-0.15, -0.1) is 13.2 Å². The first-order valence-electron chi connectivity index (χ1n) is 7.30. The number of hydrogen-bond donors (Lipinski definition) is 2. The minimum Gasteiger partial charge on any atom is -0.406 e. The van der Waals surface area contributed by atoms with Crippen molar-refractivity contribution in [1.29, 1.82) is 0 Å². The van der Waals surface area contributed by atoms with E-state index in [0.717, 1.165) is 0 Å². The summed E-state index contributed by atoms with van der Waals surface area (Å²) in [5, 5.41) is 10.9. The molecular weight excluding hydrogens is 402 g/mol. The normalized spacial score (nSPS) is 15.0. The zero-order valence-corrected chi connectivity index (χ0v) is 13.5. The highest BCUT2D eigenvalue weighted by Crippen LogP contribution is 2.32. The molecule has 1 heterocycles. The van der Waals surface area contributed by atoms with Crippen molar-refractivity contribution in [2.45, 2.75) is 12.5 Å². The molecule has 0 saturated heterocycles. The van der Waals surface area contributed by atoms with Gasteiger partial charge in [-0.3, -0.25) is 19.3 Å². The summed E-state index contributed by atoms with van der Waals surface area (Å²) in [7, 11) is 0. The van der Waals surface area contributed by atoms with Crippen LogP contribution >= 0.6 is 0 Å². The maximum absolute atomic E-state index is 12.8. The van der Waals surface area contributed by atoms with E-state index in [1.165, 1.54) is 0 Å². The van der Waals surface area contributed by atoms with E-state index in [2.05, 4.69) is 10.1 Å². The van der Waals surface area contributed by atoms with Crippen molar-refractivity contribution < 1.29 is 50.6 Å². The summed E-state index contributed by atoms with van der Waals surface area (Å²) in [6.07, 6.45) is -9.94. The lowest BCUT2D eigenvalue weighted by Gasteiger charge is -2.17. The molecule has 1 aromatic carbocycles. The third-order valence-electron chi connectivity index (χ3n) is 3.33. The maximum atomic E-state index is 12.8. The van der Waals surface area contributed by atoms with Gasteiger partial charge in [-0.1, -0.05) is 0 Å². The molecule has 0 aliphatic carbocycles. The molecular formula is C15H10F6N2O5. The van der Waals surface area contributed by atoms with Crippen LogP contribution in [0, 0.1) is 0 Å². The number of ether oxygens (including phenoxy) is 1. The second-order valence-corrected chi connectivity index (χ2v) is 5.28. The standard InChI is InChI=1S/C15H10F6N2O5/c16-14(17,18)12(26)8-5-7(28-15(19,20)21)1-2-9(8)22-10-6-11(25)23(3-4-24)13(10)27/h1-2,5-6,22,24H,3-4H2. The van der Waals surface area contributed by atoms with Crippen molar-refractivity contribution in [3.8, 4) is 5.75 Å². The Labute approximate surface area is 152 Å². The molecule has 2 amide bonds. The van der Waals surface area contributed by atoms with Gasteiger partial charge in [0.1, 0.15) is 11.4 Å². The monoisotopic (exact) mass is 412 g/mol. The topological polar surface area (TPSA) is 95.9 Å². The maximum Gasteiger partial charge on any atom is 0.573 e. The first-order valence-corrected chi connectivity index (χ1v) is 7.30. The number of rotatable bonds is 6. The number of carbonyl (C=O) groups excluding carboxylic acids is 3. The number of β-amino-alcohol motifs (C(OH)–C–C–N with tert-alkyl or cyclic N) is 1. The van der Waals surface area contributed by atoms with Gasteiger partial charge in [0.15, 0.2) is 0 Å². The smallest absolute Gasteiger partial charge is 0.406 e. The highest BCUT2D eigenvalue weighted by molar-refractivity contribution is 6.18. The molecule has 0 saturated carbocycles. The molecule has 0 bridgehead atoms. The molecule has 2 rings (SSSR count). The number of anilines is 1. The second kappa shape index (κ2) is 7.50. The lowest BCUT2D eigenvalue weighted by Crippen LogP contribution is -2.34. The summed E-state index contributed by atoms with van der Waals surface area (Å²) in [4.78, 5) is 35.8. The van der Waals surface area contributed by atoms with E-state index in [0.29, 0.717) is 23.1 Å². The van der Waals surface area contributed by atoms with Crippen molar-refractivity contribution in [1.82, 2.24) is 4.90 Å². The molecule has 152 valence electrons. The molecule has 13 heteroatoms. The number of amides is 2. The van der Waals surface area contributed by atoms with Crippen LogP contribution < -0.4 is 10.1 Å². The molecule has 7 nitrogen and oxygen atoms in total. The molecule has 1 aliphatic rings. The lowest BCUT2D eigenvalue weighted by molar-refractivity contribution is -0.274. The van der Waals surface area contributed by atoms with Gasteiger partial charge in [-0.2, -0.15) is 13.2 Å². The van der Waals surface area contributed by atoms with Gasteiger partial charge in [-0.25, -0.2) is 0 Å². The molecule has 1 aromatic rings. The van der Waals surface area contributed by atoms with Crippen LogP contribution in [0.5, 0.6) is 5.75 Å². The quantitative estimate of drug-likeness (QED) is 0.422. The number of imide groups is 1. The molecule has 0 unspecified atom stereocenters. The number of nitrogens with zero attached hydrogens (tertiary/aromatic N) is 1. The first kappa shape index (κ1) is 21.2. The Morgan fingerprint density at radius 3 is 2.32 bits per heavy atom. The predicted octanol–water partition coefficient (Wildman–Crippen LogP) is 1.99. The number of aliphatic hydroxyl groups is 1. The Balaban J connectivity index is 2.41. The SMILES string of the molecule is O=C1C=C(Nc2ccc(OC(F)(F)F)cc2C(=O)C(F)(F)F)C(=O)N1CCO. The summed E-state index contributed by atoms with van der Waals surface area (Å²) in [6.45, 7) is -0.952. The molecule has 2 N–H and O–H groups in total. The number of nitrogens with one attached hydrogen (secondary N) is 1. The number of halogens is 6.